The molecule has 0 aromatic rings. The Kier molecular flexibility index (Phi) is 7.57. The second kappa shape index (κ2) is 9.43. The van der Waals surface area contributed by atoms with Crippen molar-refractivity contribution in [1.29, 1.82) is 0 Å². The van der Waals surface area contributed by atoms with Crippen molar-refractivity contribution in [3.8, 4) is 0 Å². The number of nitrogens with zero attached hydrogens (tertiary/aromatic N) is 1. The largest absolute Gasteiger partial charge is 0.466 e. The molecule has 0 radical (unpaired) electrons. The van der Waals surface area contributed by atoms with Crippen LogP contribution in [0, 0.1) is 17.8 Å². The smallest absolute Gasteiger partial charge is 0.310 e. The lowest BCUT2D eigenvalue weighted by Crippen LogP contribution is -2.43. The van der Waals surface area contributed by atoms with Crippen LogP contribution in [0.1, 0.15) is 78.6 Å². The molecule has 1 amide bonds. The van der Waals surface area contributed by atoms with Gasteiger partial charge in [-0.3, -0.25) is 9.59 Å². The van der Waals surface area contributed by atoms with E-state index < -0.39 is 0 Å². The number of hydrogen-bond donors (Lipinski definition) is 0. The zero-order chi connectivity index (χ0) is 17.5. The highest BCUT2D eigenvalue weighted by atomic mass is 16.5. The van der Waals surface area contributed by atoms with Crippen molar-refractivity contribution in [2.24, 2.45) is 17.8 Å². The van der Waals surface area contributed by atoms with Crippen LogP contribution >= 0.6 is 0 Å². The van der Waals surface area contributed by atoms with Gasteiger partial charge in [-0.2, -0.15) is 0 Å². The van der Waals surface area contributed by atoms with Crippen LogP contribution in [0.2, 0.25) is 0 Å². The number of unbranched alkanes of at least 4 members (excludes halogenated alkanes) is 1. The van der Waals surface area contributed by atoms with Gasteiger partial charge in [-0.05, 0) is 51.4 Å². The molecule has 0 aliphatic heterocycles. The van der Waals surface area contributed by atoms with Gasteiger partial charge in [0.25, 0.3) is 0 Å². The van der Waals surface area contributed by atoms with Gasteiger partial charge in [-0.15, -0.1) is 0 Å². The van der Waals surface area contributed by atoms with Crippen molar-refractivity contribution in [2.75, 3.05) is 13.2 Å². The first-order valence-electron chi connectivity index (χ1n) is 10.0. The second-order valence-corrected chi connectivity index (χ2v) is 7.73. The van der Waals surface area contributed by atoms with E-state index in [1.54, 1.807) is 0 Å². The summed E-state index contributed by atoms with van der Waals surface area (Å²) < 4.78 is 5.10. The molecule has 2 fully saturated rings. The van der Waals surface area contributed by atoms with Gasteiger partial charge >= 0.3 is 5.97 Å². The molecule has 2 saturated carbocycles. The van der Waals surface area contributed by atoms with Crippen LogP contribution < -0.4 is 0 Å². The molecule has 2 aliphatic carbocycles. The summed E-state index contributed by atoms with van der Waals surface area (Å²) in [7, 11) is 0. The minimum Gasteiger partial charge on any atom is -0.466 e. The van der Waals surface area contributed by atoms with Gasteiger partial charge < -0.3 is 9.64 Å². The van der Waals surface area contributed by atoms with Crippen LogP contribution in [0.15, 0.2) is 0 Å². The summed E-state index contributed by atoms with van der Waals surface area (Å²) in [5.41, 5.74) is 0. The highest BCUT2D eigenvalue weighted by Gasteiger charge is 2.38. The molecular weight excluding hydrogens is 302 g/mol. The summed E-state index contributed by atoms with van der Waals surface area (Å²) in [4.78, 5) is 26.9. The first-order chi connectivity index (χ1) is 11.6. The topological polar surface area (TPSA) is 46.6 Å². The fourth-order valence-electron chi connectivity index (χ4n) is 3.88. The van der Waals surface area contributed by atoms with Gasteiger partial charge in [0.2, 0.25) is 5.91 Å². The molecule has 0 heterocycles. The fraction of sp³-hybridized carbons (Fsp3) is 0.900. The van der Waals surface area contributed by atoms with Crippen molar-refractivity contribution < 1.29 is 14.3 Å². The second-order valence-electron chi connectivity index (χ2n) is 7.73. The van der Waals surface area contributed by atoms with E-state index in [-0.39, 0.29) is 17.8 Å². The Balaban J connectivity index is 1.85. The molecule has 0 aromatic heterocycles. The molecule has 0 saturated heterocycles. The van der Waals surface area contributed by atoms with Gasteiger partial charge in [0.15, 0.2) is 0 Å². The predicted molar refractivity (Wildman–Crippen MR) is 95.5 cm³/mol. The van der Waals surface area contributed by atoms with E-state index in [0.717, 1.165) is 31.6 Å². The average molecular weight is 338 g/mol. The van der Waals surface area contributed by atoms with Crippen LogP contribution in [-0.4, -0.2) is 36.0 Å². The number of amides is 1. The summed E-state index contributed by atoms with van der Waals surface area (Å²) in [5, 5.41) is 0. The average Bonchev–Trinajstić information content (AvgIpc) is 3.42. The zero-order valence-corrected chi connectivity index (χ0v) is 15.8. The van der Waals surface area contributed by atoms with Crippen molar-refractivity contribution in [3.05, 3.63) is 0 Å². The van der Waals surface area contributed by atoms with Crippen LogP contribution in [0.3, 0.4) is 0 Å². The molecule has 1 unspecified atom stereocenters. The van der Waals surface area contributed by atoms with Gasteiger partial charge in [0.05, 0.1) is 12.5 Å². The van der Waals surface area contributed by atoms with E-state index >= 15 is 0 Å². The molecule has 2 aliphatic rings. The lowest BCUT2D eigenvalue weighted by molar-refractivity contribution is -0.149. The summed E-state index contributed by atoms with van der Waals surface area (Å²) in [6, 6.07) is 0.368. The Morgan fingerprint density at radius 1 is 1.08 bits per heavy atom. The molecule has 0 N–H and O–H groups in total. The third-order valence-corrected chi connectivity index (χ3v) is 5.59. The summed E-state index contributed by atoms with van der Waals surface area (Å²) in [6.07, 6.45) is 10.5. The molecule has 0 spiro atoms. The van der Waals surface area contributed by atoms with Crippen molar-refractivity contribution in [2.45, 2.75) is 84.6 Å². The number of rotatable bonds is 9. The normalized spacial score (nSPS) is 25.1. The molecule has 0 bridgehead atoms. The first kappa shape index (κ1) is 19.3. The van der Waals surface area contributed by atoms with Crippen molar-refractivity contribution in [3.63, 3.8) is 0 Å². The van der Waals surface area contributed by atoms with E-state index in [1.165, 1.54) is 32.1 Å². The maximum absolute atomic E-state index is 13.0. The fourth-order valence-corrected chi connectivity index (χ4v) is 3.88. The predicted octanol–water partition coefficient (Wildman–Crippen LogP) is 4.17. The Morgan fingerprint density at radius 3 is 2.29 bits per heavy atom. The molecule has 4 heteroatoms. The molecular formula is C20H35NO3. The molecule has 138 valence electrons. The minimum absolute atomic E-state index is 0.179. The number of carbonyl (C=O) groups excluding carboxylic acids is 2. The molecule has 24 heavy (non-hydrogen) atoms. The van der Waals surface area contributed by atoms with E-state index in [1.807, 2.05) is 18.7 Å². The highest BCUT2D eigenvalue weighted by molar-refractivity contribution is 5.80. The van der Waals surface area contributed by atoms with Crippen LogP contribution in [0.25, 0.3) is 0 Å². The summed E-state index contributed by atoms with van der Waals surface area (Å²) in [6.45, 7) is 6.88. The quantitative estimate of drug-likeness (QED) is 0.593. The van der Waals surface area contributed by atoms with Gasteiger partial charge in [0, 0.05) is 18.5 Å². The lowest BCUT2D eigenvalue weighted by Gasteiger charge is -2.33. The van der Waals surface area contributed by atoms with Crippen molar-refractivity contribution >= 4 is 11.9 Å². The third kappa shape index (κ3) is 5.49. The maximum atomic E-state index is 13.0. The number of hydrogen-bond acceptors (Lipinski definition) is 3. The lowest BCUT2D eigenvalue weighted by atomic mass is 9.79. The number of esters is 1. The van der Waals surface area contributed by atoms with Crippen LogP contribution in [0.4, 0.5) is 0 Å². The summed E-state index contributed by atoms with van der Waals surface area (Å²) in [5.74, 6) is 0.886. The van der Waals surface area contributed by atoms with Gasteiger partial charge in [-0.1, -0.05) is 33.1 Å². The zero-order valence-electron chi connectivity index (χ0n) is 15.8. The van der Waals surface area contributed by atoms with E-state index in [4.69, 9.17) is 4.74 Å². The molecule has 0 aromatic carbocycles. The Labute approximate surface area is 147 Å². The summed E-state index contributed by atoms with van der Waals surface area (Å²) >= 11 is 0. The standard InChI is InChI=1S/C20H35NO3/c1-4-6-7-16-8-10-17(11-9-16)19(22)21(18-12-13-18)14-15(3)20(23)24-5-2/h15-18H,4-14H2,1-3H3. The maximum Gasteiger partial charge on any atom is 0.310 e. The van der Waals surface area contributed by atoms with Gasteiger partial charge in [0.1, 0.15) is 0 Å². The third-order valence-electron chi connectivity index (χ3n) is 5.59. The number of carbonyl (C=O) groups is 2. The Bertz CT molecular complexity index is 411. The highest BCUT2D eigenvalue weighted by Crippen LogP contribution is 2.36. The molecule has 2 rings (SSSR count). The Morgan fingerprint density at radius 2 is 1.75 bits per heavy atom. The minimum atomic E-state index is -0.226. The Hall–Kier alpha value is -1.06. The van der Waals surface area contributed by atoms with Gasteiger partial charge in [-0.25, -0.2) is 0 Å². The monoisotopic (exact) mass is 337 g/mol. The van der Waals surface area contributed by atoms with Crippen LogP contribution in [0.5, 0.6) is 0 Å². The van der Waals surface area contributed by atoms with E-state index in [0.29, 0.717) is 25.1 Å². The SMILES string of the molecule is CCCCC1CCC(C(=O)N(CC(C)C(=O)OCC)C2CC2)CC1. The number of ether oxygens (including phenoxy) is 1. The van der Waals surface area contributed by atoms with Crippen LogP contribution in [-0.2, 0) is 14.3 Å². The molecule has 1 atom stereocenters. The molecule has 4 nitrogen and oxygen atoms in total. The van der Waals surface area contributed by atoms with E-state index in [9.17, 15) is 9.59 Å². The van der Waals surface area contributed by atoms with E-state index in [2.05, 4.69) is 6.92 Å². The first-order valence-corrected chi connectivity index (χ1v) is 10.0. The van der Waals surface area contributed by atoms with Crippen molar-refractivity contribution in [1.82, 2.24) is 4.90 Å².